The molecule has 7 nitrogen and oxygen atoms in total. The third-order valence-electron chi connectivity index (χ3n) is 5.73. The van der Waals surface area contributed by atoms with Gasteiger partial charge in [0, 0.05) is 48.1 Å². The average Bonchev–Trinajstić information content (AvgIpc) is 2.89. The van der Waals surface area contributed by atoms with Crippen LogP contribution in [0, 0.1) is 0 Å². The van der Waals surface area contributed by atoms with Crippen molar-refractivity contribution in [2.24, 2.45) is 0 Å². The highest BCUT2D eigenvalue weighted by atomic mass is 35.5. The summed E-state index contributed by atoms with van der Waals surface area (Å²) in [6, 6.07) is 21.7. The first-order valence-electron chi connectivity index (χ1n) is 11.1. The topological polar surface area (TPSA) is 73.9 Å². The van der Waals surface area contributed by atoms with Crippen molar-refractivity contribution in [2.75, 3.05) is 43.5 Å². The smallest absolute Gasteiger partial charge is 0.261 e. The lowest BCUT2D eigenvalue weighted by atomic mass is 10.1. The summed E-state index contributed by atoms with van der Waals surface area (Å²) in [5, 5.41) is 6.52. The number of halogens is 1. The van der Waals surface area contributed by atoms with E-state index in [0.717, 1.165) is 24.5 Å². The second kappa shape index (κ2) is 11.2. The Morgan fingerprint density at radius 1 is 0.914 bits per heavy atom. The van der Waals surface area contributed by atoms with Crippen molar-refractivity contribution >= 4 is 52.1 Å². The molecule has 1 aliphatic rings. The van der Waals surface area contributed by atoms with Gasteiger partial charge in [0.05, 0.1) is 12.7 Å². The maximum absolute atomic E-state index is 12.7. The number of nitrogens with zero attached hydrogens (tertiary/aromatic N) is 2. The minimum Gasteiger partial charge on any atom is -0.496 e. The van der Waals surface area contributed by atoms with E-state index in [9.17, 15) is 9.59 Å². The van der Waals surface area contributed by atoms with Crippen LogP contribution >= 0.6 is 23.8 Å². The van der Waals surface area contributed by atoms with Gasteiger partial charge in [0.2, 0.25) is 0 Å². The lowest BCUT2D eigenvalue weighted by molar-refractivity contribution is 0.0746. The zero-order chi connectivity index (χ0) is 24.8. The number of para-hydroxylation sites is 1. The Balaban J connectivity index is 1.29. The Morgan fingerprint density at radius 3 is 2.23 bits per heavy atom. The maximum atomic E-state index is 12.7. The van der Waals surface area contributed by atoms with Gasteiger partial charge in [-0.05, 0) is 72.9 Å². The van der Waals surface area contributed by atoms with E-state index in [4.69, 9.17) is 28.6 Å². The highest BCUT2D eigenvalue weighted by Crippen LogP contribution is 2.21. The number of nitrogens with one attached hydrogen (secondary N) is 2. The standard InChI is InChI=1S/C26H25ClN4O3S/c1-34-23-5-3-2-4-22(23)24(32)29-26(35)28-20-10-12-21(13-11-20)30-14-16-31(17-15-30)25(33)18-6-8-19(27)9-7-18/h2-13H,14-17H2,1H3,(H2,28,29,32,35). The highest BCUT2D eigenvalue weighted by molar-refractivity contribution is 7.80. The third kappa shape index (κ3) is 6.09. The van der Waals surface area contributed by atoms with Crippen molar-refractivity contribution in [3.63, 3.8) is 0 Å². The third-order valence-corrected chi connectivity index (χ3v) is 6.18. The number of rotatable bonds is 5. The van der Waals surface area contributed by atoms with Gasteiger partial charge < -0.3 is 19.9 Å². The Kier molecular flexibility index (Phi) is 7.84. The molecule has 4 rings (SSSR count). The van der Waals surface area contributed by atoms with Crippen molar-refractivity contribution in [3.05, 3.63) is 88.9 Å². The van der Waals surface area contributed by atoms with Gasteiger partial charge >= 0.3 is 0 Å². The maximum Gasteiger partial charge on any atom is 0.261 e. The molecule has 3 aromatic carbocycles. The van der Waals surface area contributed by atoms with Crippen LogP contribution in [0.5, 0.6) is 5.75 Å². The molecule has 0 atom stereocenters. The number of carbonyl (C=O) groups excluding carboxylic acids is 2. The van der Waals surface area contributed by atoms with Crippen LogP contribution in [0.25, 0.3) is 0 Å². The predicted molar refractivity (Wildman–Crippen MR) is 143 cm³/mol. The number of carbonyl (C=O) groups is 2. The minimum atomic E-state index is -0.345. The molecule has 180 valence electrons. The largest absolute Gasteiger partial charge is 0.496 e. The van der Waals surface area contributed by atoms with E-state index in [2.05, 4.69) is 15.5 Å². The SMILES string of the molecule is COc1ccccc1C(=O)NC(=S)Nc1ccc(N2CCN(C(=O)c3ccc(Cl)cc3)CC2)cc1. The number of benzene rings is 3. The van der Waals surface area contributed by atoms with E-state index in [1.165, 1.54) is 7.11 Å². The molecule has 2 amide bonds. The van der Waals surface area contributed by atoms with Crippen LogP contribution in [0.15, 0.2) is 72.8 Å². The molecule has 1 heterocycles. The van der Waals surface area contributed by atoms with Crippen LogP contribution in [0.3, 0.4) is 0 Å². The molecule has 1 fully saturated rings. The number of ether oxygens (including phenoxy) is 1. The molecule has 9 heteroatoms. The summed E-state index contributed by atoms with van der Waals surface area (Å²) in [5.74, 6) is 0.152. The van der Waals surface area contributed by atoms with Gasteiger partial charge in [-0.1, -0.05) is 23.7 Å². The number of hydrogen-bond acceptors (Lipinski definition) is 5. The second-order valence-electron chi connectivity index (χ2n) is 7.94. The van der Waals surface area contributed by atoms with Gasteiger partial charge in [-0.3, -0.25) is 14.9 Å². The molecule has 1 aliphatic heterocycles. The number of amides is 2. The molecule has 0 aromatic heterocycles. The molecule has 0 spiro atoms. The van der Waals surface area contributed by atoms with Crippen LogP contribution in [0.1, 0.15) is 20.7 Å². The lowest BCUT2D eigenvalue weighted by Gasteiger charge is -2.36. The first kappa shape index (κ1) is 24.5. The van der Waals surface area contributed by atoms with E-state index in [1.807, 2.05) is 29.2 Å². The molecular weight excluding hydrogens is 484 g/mol. The van der Waals surface area contributed by atoms with E-state index in [0.29, 0.717) is 35.0 Å². The quantitative estimate of drug-likeness (QED) is 0.496. The molecule has 3 aromatic rings. The molecule has 0 aliphatic carbocycles. The van der Waals surface area contributed by atoms with Gasteiger partial charge in [-0.2, -0.15) is 0 Å². The number of hydrogen-bond donors (Lipinski definition) is 2. The van der Waals surface area contributed by atoms with Crippen LogP contribution in [0.4, 0.5) is 11.4 Å². The fourth-order valence-electron chi connectivity index (χ4n) is 3.86. The number of piperazine rings is 1. The Hall–Kier alpha value is -3.62. The fourth-order valence-corrected chi connectivity index (χ4v) is 4.20. The van der Waals surface area contributed by atoms with Crippen molar-refractivity contribution in [1.29, 1.82) is 0 Å². The number of methoxy groups -OCH3 is 1. The zero-order valence-electron chi connectivity index (χ0n) is 19.2. The van der Waals surface area contributed by atoms with Gasteiger partial charge in [0.1, 0.15) is 5.75 Å². The van der Waals surface area contributed by atoms with E-state index in [-0.39, 0.29) is 16.9 Å². The van der Waals surface area contributed by atoms with Gasteiger partial charge in [-0.25, -0.2) is 0 Å². The first-order valence-corrected chi connectivity index (χ1v) is 11.9. The van der Waals surface area contributed by atoms with Gasteiger partial charge in [-0.15, -0.1) is 0 Å². The first-order chi connectivity index (χ1) is 16.9. The van der Waals surface area contributed by atoms with Crippen molar-refractivity contribution in [3.8, 4) is 5.75 Å². The Bertz CT molecular complexity index is 1210. The fraction of sp³-hybridized carbons (Fsp3) is 0.192. The number of thiocarbonyl (C=S) groups is 1. The summed E-state index contributed by atoms with van der Waals surface area (Å²) in [6.07, 6.45) is 0. The van der Waals surface area contributed by atoms with Gasteiger partial charge in [0.25, 0.3) is 11.8 Å². The highest BCUT2D eigenvalue weighted by Gasteiger charge is 2.22. The Morgan fingerprint density at radius 2 is 1.57 bits per heavy atom. The molecule has 0 unspecified atom stereocenters. The molecule has 0 radical (unpaired) electrons. The van der Waals surface area contributed by atoms with E-state index in [1.54, 1.807) is 48.5 Å². The normalized spacial score (nSPS) is 13.2. The molecule has 1 saturated heterocycles. The summed E-state index contributed by atoms with van der Waals surface area (Å²) >= 11 is 11.2. The van der Waals surface area contributed by atoms with Crippen molar-refractivity contribution < 1.29 is 14.3 Å². The zero-order valence-corrected chi connectivity index (χ0v) is 20.7. The number of anilines is 2. The second-order valence-corrected chi connectivity index (χ2v) is 8.79. The van der Waals surface area contributed by atoms with Crippen LogP contribution in [0.2, 0.25) is 5.02 Å². The summed E-state index contributed by atoms with van der Waals surface area (Å²) in [4.78, 5) is 29.3. The molecular formula is C26H25ClN4O3S. The predicted octanol–water partition coefficient (Wildman–Crippen LogP) is 4.44. The average molecular weight is 509 g/mol. The summed E-state index contributed by atoms with van der Waals surface area (Å²) in [6.45, 7) is 2.75. The Labute approximate surface area is 214 Å². The van der Waals surface area contributed by atoms with Crippen LogP contribution in [-0.4, -0.2) is 55.1 Å². The van der Waals surface area contributed by atoms with E-state index >= 15 is 0 Å². The molecule has 35 heavy (non-hydrogen) atoms. The van der Waals surface area contributed by atoms with Gasteiger partial charge in [0.15, 0.2) is 5.11 Å². The summed E-state index contributed by atoms with van der Waals surface area (Å²) in [7, 11) is 1.52. The summed E-state index contributed by atoms with van der Waals surface area (Å²) in [5.41, 5.74) is 2.86. The molecule has 0 saturated carbocycles. The lowest BCUT2D eigenvalue weighted by Crippen LogP contribution is -2.48. The van der Waals surface area contributed by atoms with Crippen LogP contribution < -0.4 is 20.3 Å². The minimum absolute atomic E-state index is 0.0181. The van der Waals surface area contributed by atoms with Crippen molar-refractivity contribution in [1.82, 2.24) is 10.2 Å². The monoisotopic (exact) mass is 508 g/mol. The van der Waals surface area contributed by atoms with E-state index < -0.39 is 0 Å². The molecule has 0 bridgehead atoms. The van der Waals surface area contributed by atoms with Crippen molar-refractivity contribution in [2.45, 2.75) is 0 Å². The summed E-state index contributed by atoms with van der Waals surface area (Å²) < 4.78 is 5.23. The molecule has 2 N–H and O–H groups in total. The van der Waals surface area contributed by atoms with Crippen LogP contribution in [-0.2, 0) is 0 Å².